The van der Waals surface area contributed by atoms with Crippen LogP contribution in [0.5, 0.6) is 0 Å². The summed E-state index contributed by atoms with van der Waals surface area (Å²) in [6.07, 6.45) is 1.42. The van der Waals surface area contributed by atoms with Gasteiger partial charge in [0.15, 0.2) is 0 Å². The van der Waals surface area contributed by atoms with Crippen LogP contribution in [0.2, 0.25) is 0 Å². The molecule has 0 saturated carbocycles. The van der Waals surface area contributed by atoms with Crippen LogP contribution in [0.15, 0.2) is 36.7 Å². The Labute approximate surface area is 92.1 Å². The molecule has 0 atom stereocenters. The number of aromatic nitrogens is 3. The first-order chi connectivity index (χ1) is 7.74. The van der Waals surface area contributed by atoms with Gasteiger partial charge in [-0.2, -0.15) is 0 Å². The number of benzene rings is 1. The van der Waals surface area contributed by atoms with Crippen molar-refractivity contribution < 1.29 is 4.79 Å². The molecule has 0 unspecified atom stereocenters. The monoisotopic (exact) mass is 217 g/mol. The van der Waals surface area contributed by atoms with Crippen molar-refractivity contribution in [2.75, 3.05) is 11.1 Å². The Morgan fingerprint density at radius 3 is 2.75 bits per heavy atom. The normalized spacial score (nSPS) is 10.0. The molecule has 16 heavy (non-hydrogen) atoms. The highest BCUT2D eigenvalue weighted by Crippen LogP contribution is 2.04. The van der Waals surface area contributed by atoms with Crippen LogP contribution in [0.3, 0.4) is 0 Å². The molecule has 0 aliphatic heterocycles. The second-order valence-electron chi connectivity index (χ2n) is 3.21. The molecule has 0 aliphatic carbocycles. The van der Waals surface area contributed by atoms with Crippen LogP contribution in [0.1, 0.15) is 0 Å². The lowest BCUT2D eigenvalue weighted by Crippen LogP contribution is -2.19. The maximum atomic E-state index is 11.6. The highest BCUT2D eigenvalue weighted by Gasteiger charge is 2.04. The Morgan fingerprint density at radius 2 is 2.12 bits per heavy atom. The Morgan fingerprint density at radius 1 is 1.38 bits per heavy atom. The van der Waals surface area contributed by atoms with Crippen LogP contribution in [0, 0.1) is 0 Å². The summed E-state index contributed by atoms with van der Waals surface area (Å²) in [5, 5.41) is 6.55. The Hall–Kier alpha value is -2.37. The predicted molar refractivity (Wildman–Crippen MR) is 59.5 cm³/mol. The predicted octanol–water partition coefficient (Wildman–Crippen LogP) is 0.499. The standard InChI is InChI=1S/C10H11N5O/c11-10-12-7-15(14-10)6-9(16)13-8-4-2-1-3-5-8/h1-5,7H,6H2,(H2,11,14)(H,13,16). The molecule has 1 heterocycles. The zero-order valence-electron chi connectivity index (χ0n) is 8.50. The fourth-order valence-electron chi connectivity index (χ4n) is 1.25. The molecule has 1 aromatic heterocycles. The molecule has 82 valence electrons. The van der Waals surface area contributed by atoms with E-state index in [1.807, 2.05) is 30.3 Å². The van der Waals surface area contributed by atoms with Gasteiger partial charge in [-0.1, -0.05) is 18.2 Å². The van der Waals surface area contributed by atoms with Gasteiger partial charge in [0.1, 0.15) is 12.9 Å². The van der Waals surface area contributed by atoms with E-state index in [9.17, 15) is 4.79 Å². The lowest BCUT2D eigenvalue weighted by Gasteiger charge is -2.03. The molecule has 0 bridgehead atoms. The van der Waals surface area contributed by atoms with Gasteiger partial charge in [0, 0.05) is 5.69 Å². The van der Waals surface area contributed by atoms with Crippen LogP contribution in [-0.2, 0) is 11.3 Å². The minimum Gasteiger partial charge on any atom is -0.367 e. The number of hydrogen-bond donors (Lipinski definition) is 2. The minimum atomic E-state index is -0.170. The van der Waals surface area contributed by atoms with Crippen molar-refractivity contribution in [2.45, 2.75) is 6.54 Å². The molecular formula is C10H11N5O. The van der Waals surface area contributed by atoms with Crippen molar-refractivity contribution in [2.24, 2.45) is 0 Å². The zero-order valence-corrected chi connectivity index (χ0v) is 8.50. The molecular weight excluding hydrogens is 206 g/mol. The van der Waals surface area contributed by atoms with Gasteiger partial charge in [0.2, 0.25) is 11.9 Å². The van der Waals surface area contributed by atoms with E-state index < -0.39 is 0 Å². The molecule has 1 aromatic carbocycles. The smallest absolute Gasteiger partial charge is 0.246 e. The first kappa shape index (κ1) is 10.2. The first-order valence-corrected chi connectivity index (χ1v) is 4.74. The number of hydrogen-bond acceptors (Lipinski definition) is 4. The van der Waals surface area contributed by atoms with E-state index >= 15 is 0 Å². The van der Waals surface area contributed by atoms with Crippen molar-refractivity contribution in [1.29, 1.82) is 0 Å². The average Bonchev–Trinajstić information content (AvgIpc) is 2.65. The van der Waals surface area contributed by atoms with E-state index in [4.69, 9.17) is 5.73 Å². The van der Waals surface area contributed by atoms with Gasteiger partial charge in [-0.15, -0.1) is 5.10 Å². The quantitative estimate of drug-likeness (QED) is 0.783. The van der Waals surface area contributed by atoms with Crippen LogP contribution in [0.4, 0.5) is 11.6 Å². The molecule has 3 N–H and O–H groups in total. The molecule has 6 nitrogen and oxygen atoms in total. The molecule has 0 fully saturated rings. The lowest BCUT2D eigenvalue weighted by molar-refractivity contribution is -0.116. The maximum absolute atomic E-state index is 11.6. The summed E-state index contributed by atoms with van der Waals surface area (Å²) in [6.45, 7) is 0.0963. The fourth-order valence-corrected chi connectivity index (χ4v) is 1.25. The number of nitrogen functional groups attached to an aromatic ring is 1. The summed E-state index contributed by atoms with van der Waals surface area (Å²) < 4.78 is 1.38. The Kier molecular flexibility index (Phi) is 2.81. The van der Waals surface area contributed by atoms with E-state index in [1.54, 1.807) is 0 Å². The number of nitrogens with one attached hydrogen (secondary N) is 1. The van der Waals surface area contributed by atoms with Crippen LogP contribution >= 0.6 is 0 Å². The van der Waals surface area contributed by atoms with Gasteiger partial charge in [-0.05, 0) is 12.1 Å². The second-order valence-corrected chi connectivity index (χ2v) is 3.21. The highest BCUT2D eigenvalue weighted by atomic mass is 16.2. The molecule has 1 amide bonds. The minimum absolute atomic E-state index is 0.0963. The van der Waals surface area contributed by atoms with Gasteiger partial charge >= 0.3 is 0 Å². The largest absolute Gasteiger partial charge is 0.367 e. The van der Waals surface area contributed by atoms with Gasteiger partial charge in [0.25, 0.3) is 0 Å². The van der Waals surface area contributed by atoms with Crippen LogP contribution in [-0.4, -0.2) is 20.7 Å². The average molecular weight is 217 g/mol. The molecule has 0 saturated heterocycles. The van der Waals surface area contributed by atoms with Crippen molar-refractivity contribution in [3.05, 3.63) is 36.7 Å². The number of nitrogens with two attached hydrogens (primary N) is 1. The van der Waals surface area contributed by atoms with E-state index in [0.29, 0.717) is 0 Å². The van der Waals surface area contributed by atoms with Crippen LogP contribution < -0.4 is 11.1 Å². The number of nitrogens with zero attached hydrogens (tertiary/aromatic N) is 3. The van der Waals surface area contributed by atoms with Crippen molar-refractivity contribution in [3.63, 3.8) is 0 Å². The Bertz CT molecular complexity index is 479. The zero-order chi connectivity index (χ0) is 11.4. The third-order valence-corrected chi connectivity index (χ3v) is 1.92. The van der Waals surface area contributed by atoms with Gasteiger partial charge in [0.05, 0.1) is 0 Å². The Balaban J connectivity index is 1.95. The van der Waals surface area contributed by atoms with Gasteiger partial charge in [-0.25, -0.2) is 9.67 Å². The molecule has 6 heteroatoms. The number of amides is 1. The molecule has 0 aliphatic rings. The third-order valence-electron chi connectivity index (χ3n) is 1.92. The van der Waals surface area contributed by atoms with Gasteiger partial charge < -0.3 is 11.1 Å². The summed E-state index contributed by atoms with van der Waals surface area (Å²) in [5.74, 6) is -0.0105. The highest BCUT2D eigenvalue weighted by molar-refractivity contribution is 5.90. The summed E-state index contributed by atoms with van der Waals surface area (Å²) in [4.78, 5) is 15.3. The van der Waals surface area contributed by atoms with Gasteiger partial charge in [-0.3, -0.25) is 4.79 Å². The summed E-state index contributed by atoms with van der Waals surface area (Å²) in [5.41, 5.74) is 6.08. The summed E-state index contributed by atoms with van der Waals surface area (Å²) >= 11 is 0. The number of para-hydroxylation sites is 1. The van der Waals surface area contributed by atoms with Crippen molar-refractivity contribution >= 4 is 17.5 Å². The third kappa shape index (κ3) is 2.57. The first-order valence-electron chi connectivity index (χ1n) is 4.74. The van der Waals surface area contributed by atoms with E-state index in [0.717, 1.165) is 5.69 Å². The molecule has 0 radical (unpaired) electrons. The van der Waals surface area contributed by atoms with Crippen LogP contribution in [0.25, 0.3) is 0 Å². The second kappa shape index (κ2) is 4.43. The van der Waals surface area contributed by atoms with Crippen molar-refractivity contribution in [1.82, 2.24) is 14.8 Å². The SMILES string of the molecule is Nc1ncn(CC(=O)Nc2ccccc2)n1. The fraction of sp³-hybridized carbons (Fsp3) is 0.100. The van der Waals surface area contributed by atoms with E-state index in [1.165, 1.54) is 11.0 Å². The number of anilines is 2. The molecule has 2 aromatic rings. The molecule has 0 spiro atoms. The topological polar surface area (TPSA) is 85.8 Å². The number of rotatable bonds is 3. The molecule has 2 rings (SSSR count). The van der Waals surface area contributed by atoms with Crippen molar-refractivity contribution in [3.8, 4) is 0 Å². The van der Waals surface area contributed by atoms with E-state index in [2.05, 4.69) is 15.4 Å². The summed E-state index contributed by atoms with van der Waals surface area (Å²) in [7, 11) is 0. The van der Waals surface area contributed by atoms with E-state index in [-0.39, 0.29) is 18.4 Å². The maximum Gasteiger partial charge on any atom is 0.246 e. The number of carbonyl (C=O) groups excluding carboxylic acids is 1. The summed E-state index contributed by atoms with van der Waals surface area (Å²) in [6, 6.07) is 9.21. The number of carbonyl (C=O) groups is 1. The lowest BCUT2D eigenvalue weighted by atomic mass is 10.3.